The van der Waals surface area contributed by atoms with Gasteiger partial charge in [-0.2, -0.15) is 4.31 Å². The first kappa shape index (κ1) is 16.7. The Morgan fingerprint density at radius 3 is 2.64 bits per heavy atom. The number of sulfonamides is 1. The van der Waals surface area contributed by atoms with Crippen molar-refractivity contribution in [2.24, 2.45) is 0 Å². The lowest BCUT2D eigenvalue weighted by Gasteiger charge is -2.26. The first-order chi connectivity index (χ1) is 10.5. The zero-order valence-corrected chi connectivity index (χ0v) is 13.1. The van der Waals surface area contributed by atoms with Crippen LogP contribution in [0.3, 0.4) is 0 Å². The van der Waals surface area contributed by atoms with Gasteiger partial charge in [0, 0.05) is 13.1 Å². The number of benzene rings is 1. The minimum absolute atomic E-state index is 0.0457. The van der Waals surface area contributed by atoms with Crippen molar-refractivity contribution < 1.29 is 27.8 Å². The molecule has 1 aromatic rings. The molecule has 0 saturated carbocycles. The zero-order valence-electron chi connectivity index (χ0n) is 12.3. The van der Waals surface area contributed by atoms with Gasteiger partial charge in [0.1, 0.15) is 11.3 Å². The third kappa shape index (κ3) is 3.57. The minimum atomic E-state index is -3.72. The van der Waals surface area contributed by atoms with E-state index in [0.717, 1.165) is 12.5 Å². The summed E-state index contributed by atoms with van der Waals surface area (Å²) in [4.78, 5) is 11.3. The molecule has 122 valence electrons. The molecule has 22 heavy (non-hydrogen) atoms. The predicted octanol–water partition coefficient (Wildman–Crippen LogP) is 1.19. The van der Waals surface area contributed by atoms with Crippen LogP contribution in [0.15, 0.2) is 23.1 Å². The van der Waals surface area contributed by atoms with Crippen LogP contribution >= 0.6 is 0 Å². The van der Waals surface area contributed by atoms with Crippen molar-refractivity contribution in [3.8, 4) is 5.75 Å². The van der Waals surface area contributed by atoms with Crippen molar-refractivity contribution in [1.82, 2.24) is 4.31 Å². The van der Waals surface area contributed by atoms with Crippen molar-refractivity contribution in [2.45, 2.75) is 18.2 Å². The average molecular weight is 329 g/mol. The summed E-state index contributed by atoms with van der Waals surface area (Å²) in [6, 6.07) is 3.92. The molecule has 0 unspecified atom stereocenters. The summed E-state index contributed by atoms with van der Waals surface area (Å²) in [5.41, 5.74) is -0.150. The Morgan fingerprint density at radius 2 is 2.05 bits per heavy atom. The molecule has 7 nitrogen and oxygen atoms in total. The molecule has 0 spiro atoms. The van der Waals surface area contributed by atoms with E-state index in [1.54, 1.807) is 0 Å². The number of hydrogen-bond donors (Lipinski definition) is 1. The fourth-order valence-electron chi connectivity index (χ4n) is 2.11. The van der Waals surface area contributed by atoms with Crippen molar-refractivity contribution in [3.05, 3.63) is 23.8 Å². The van der Waals surface area contributed by atoms with Crippen molar-refractivity contribution >= 4 is 16.0 Å². The van der Waals surface area contributed by atoms with E-state index in [0.29, 0.717) is 19.8 Å². The number of carboxylic acid groups (broad SMARTS) is 1. The molecule has 1 aliphatic heterocycles. The molecule has 1 fully saturated rings. The Hall–Kier alpha value is -1.64. The summed E-state index contributed by atoms with van der Waals surface area (Å²) in [5.74, 6) is -1.04. The van der Waals surface area contributed by atoms with Crippen LogP contribution in [-0.2, 0) is 14.8 Å². The van der Waals surface area contributed by atoms with Gasteiger partial charge < -0.3 is 14.6 Å². The van der Waals surface area contributed by atoms with Crippen LogP contribution in [0.25, 0.3) is 0 Å². The topological polar surface area (TPSA) is 93.1 Å². The summed E-state index contributed by atoms with van der Waals surface area (Å²) in [7, 11) is -3.72. The monoisotopic (exact) mass is 329 g/mol. The van der Waals surface area contributed by atoms with Gasteiger partial charge >= 0.3 is 5.97 Å². The quantitative estimate of drug-likeness (QED) is 0.843. The van der Waals surface area contributed by atoms with Crippen LogP contribution in [0.4, 0.5) is 0 Å². The Morgan fingerprint density at radius 1 is 1.36 bits per heavy atom. The van der Waals surface area contributed by atoms with E-state index in [4.69, 9.17) is 9.47 Å². The van der Waals surface area contributed by atoms with Gasteiger partial charge in [0.25, 0.3) is 0 Å². The maximum Gasteiger partial charge on any atom is 0.339 e. The van der Waals surface area contributed by atoms with Gasteiger partial charge in [-0.25, -0.2) is 13.2 Å². The number of morpholine rings is 1. The standard InChI is InChI=1S/C14H19NO6S/c1-2-7-21-13-4-3-11(10-12(13)14(16)17)22(18,19)15-5-8-20-9-6-15/h3-4,10H,2,5-9H2,1H3,(H,16,17). The van der Waals surface area contributed by atoms with E-state index in [9.17, 15) is 18.3 Å². The zero-order chi connectivity index (χ0) is 16.2. The molecule has 0 atom stereocenters. The van der Waals surface area contributed by atoms with Crippen LogP contribution in [0, 0.1) is 0 Å². The molecule has 0 bridgehead atoms. The van der Waals surface area contributed by atoms with Gasteiger partial charge in [0.15, 0.2) is 0 Å². The highest BCUT2D eigenvalue weighted by Crippen LogP contribution is 2.25. The maximum absolute atomic E-state index is 12.5. The van der Waals surface area contributed by atoms with E-state index in [2.05, 4.69) is 0 Å². The summed E-state index contributed by atoms with van der Waals surface area (Å²) in [6.07, 6.45) is 0.729. The fraction of sp³-hybridized carbons (Fsp3) is 0.500. The van der Waals surface area contributed by atoms with Gasteiger partial charge in [-0.15, -0.1) is 0 Å². The lowest BCUT2D eigenvalue weighted by atomic mass is 10.2. The molecule has 0 radical (unpaired) electrons. The number of rotatable bonds is 6. The molecule has 1 heterocycles. The maximum atomic E-state index is 12.5. The molecule has 1 saturated heterocycles. The third-order valence-corrected chi connectivity index (χ3v) is 5.15. The Kier molecular flexibility index (Phi) is 5.38. The summed E-state index contributed by atoms with van der Waals surface area (Å²) < 4.78 is 36.8. The van der Waals surface area contributed by atoms with Crippen LogP contribution < -0.4 is 4.74 Å². The number of carboxylic acids is 1. The van der Waals surface area contributed by atoms with Crippen LogP contribution in [0.2, 0.25) is 0 Å². The SMILES string of the molecule is CCCOc1ccc(S(=O)(=O)N2CCOCC2)cc1C(=O)O. The van der Waals surface area contributed by atoms with E-state index < -0.39 is 16.0 Å². The lowest BCUT2D eigenvalue weighted by Crippen LogP contribution is -2.40. The number of hydrogen-bond acceptors (Lipinski definition) is 5. The number of ether oxygens (including phenoxy) is 2. The molecular weight excluding hydrogens is 310 g/mol. The van der Waals surface area contributed by atoms with Gasteiger partial charge in [0.05, 0.1) is 24.7 Å². The van der Waals surface area contributed by atoms with E-state index >= 15 is 0 Å². The smallest absolute Gasteiger partial charge is 0.339 e. The molecule has 0 aliphatic carbocycles. The number of nitrogens with zero attached hydrogens (tertiary/aromatic N) is 1. The highest BCUT2D eigenvalue weighted by molar-refractivity contribution is 7.89. The van der Waals surface area contributed by atoms with Crippen LogP contribution in [0.1, 0.15) is 23.7 Å². The summed E-state index contributed by atoms with van der Waals surface area (Å²) in [6.45, 7) is 3.47. The van der Waals surface area contributed by atoms with Crippen LogP contribution in [0.5, 0.6) is 5.75 Å². The van der Waals surface area contributed by atoms with Gasteiger partial charge in [-0.1, -0.05) is 6.92 Å². The molecule has 8 heteroatoms. The minimum Gasteiger partial charge on any atom is -0.493 e. The van der Waals surface area contributed by atoms with Gasteiger partial charge in [-0.05, 0) is 24.6 Å². The lowest BCUT2D eigenvalue weighted by molar-refractivity contribution is 0.0691. The predicted molar refractivity (Wildman–Crippen MR) is 78.8 cm³/mol. The highest BCUT2D eigenvalue weighted by Gasteiger charge is 2.28. The Labute approximate surface area is 129 Å². The van der Waals surface area contributed by atoms with Crippen LogP contribution in [-0.4, -0.2) is 56.7 Å². The van der Waals surface area contributed by atoms with Gasteiger partial charge in [0.2, 0.25) is 10.0 Å². The van der Waals surface area contributed by atoms with Crippen molar-refractivity contribution in [2.75, 3.05) is 32.9 Å². The normalized spacial score (nSPS) is 16.4. The fourth-order valence-corrected chi connectivity index (χ4v) is 3.55. The third-order valence-electron chi connectivity index (χ3n) is 3.25. The van der Waals surface area contributed by atoms with Gasteiger partial charge in [-0.3, -0.25) is 0 Å². The Balaban J connectivity index is 2.35. The molecule has 1 aliphatic rings. The first-order valence-corrected chi connectivity index (χ1v) is 8.49. The second-order valence-electron chi connectivity index (χ2n) is 4.83. The number of carbonyl (C=O) groups is 1. The van der Waals surface area contributed by atoms with Crippen molar-refractivity contribution in [1.29, 1.82) is 0 Å². The summed E-state index contributed by atoms with van der Waals surface area (Å²) >= 11 is 0. The van der Waals surface area contributed by atoms with E-state index in [1.165, 1.54) is 16.4 Å². The second-order valence-corrected chi connectivity index (χ2v) is 6.77. The molecule has 0 amide bonds. The van der Waals surface area contributed by atoms with E-state index in [-0.39, 0.29) is 29.3 Å². The molecular formula is C14H19NO6S. The van der Waals surface area contributed by atoms with Crippen molar-refractivity contribution in [3.63, 3.8) is 0 Å². The largest absolute Gasteiger partial charge is 0.493 e. The molecule has 1 N–H and O–H groups in total. The molecule has 0 aromatic heterocycles. The number of aromatic carboxylic acids is 1. The first-order valence-electron chi connectivity index (χ1n) is 7.05. The summed E-state index contributed by atoms with van der Waals surface area (Å²) in [5, 5.41) is 9.26. The second kappa shape index (κ2) is 7.08. The molecule has 1 aromatic carbocycles. The Bertz CT molecular complexity index is 637. The van der Waals surface area contributed by atoms with E-state index in [1.807, 2.05) is 6.92 Å². The average Bonchev–Trinajstić information content (AvgIpc) is 2.53. The molecule has 2 rings (SSSR count). The highest BCUT2D eigenvalue weighted by atomic mass is 32.2.